The van der Waals surface area contributed by atoms with Gasteiger partial charge in [0.25, 0.3) is 10.0 Å². The summed E-state index contributed by atoms with van der Waals surface area (Å²) in [6, 6.07) is 5.32. The summed E-state index contributed by atoms with van der Waals surface area (Å²) in [6.45, 7) is 0.414. The number of hydrogen-bond acceptors (Lipinski definition) is 4. The summed E-state index contributed by atoms with van der Waals surface area (Å²) in [5.74, 6) is 0. The van der Waals surface area contributed by atoms with Crippen molar-refractivity contribution < 1.29 is 8.42 Å². The smallest absolute Gasteiger partial charge is 0.267 e. The average Bonchev–Trinajstić information content (AvgIpc) is 2.99. The third-order valence-corrected chi connectivity index (χ3v) is 4.86. The van der Waals surface area contributed by atoms with E-state index in [0.717, 1.165) is 5.56 Å². The highest BCUT2D eigenvalue weighted by Gasteiger charge is 2.32. The zero-order valence-corrected chi connectivity index (χ0v) is 10.3. The molecule has 0 fully saturated rings. The number of anilines is 2. The first-order chi connectivity index (χ1) is 8.60. The standard InChI is InChI=1S/C11H12N4O2S/c12-10-2-1-3-11-9(10)4-5-15(11)18(16,17)8-6-13-14-7-8/h1-3,6-7H,4-5,12H2,(H,13,14). The first-order valence-corrected chi connectivity index (χ1v) is 6.93. The molecule has 1 aromatic heterocycles. The Labute approximate surface area is 104 Å². The molecule has 0 radical (unpaired) electrons. The molecule has 6 nitrogen and oxygen atoms in total. The highest BCUT2D eigenvalue weighted by Crippen LogP contribution is 2.35. The lowest BCUT2D eigenvalue weighted by molar-refractivity contribution is 0.592. The summed E-state index contributed by atoms with van der Waals surface area (Å²) in [7, 11) is -3.54. The second-order valence-electron chi connectivity index (χ2n) is 4.11. The van der Waals surface area contributed by atoms with Crippen LogP contribution in [0.4, 0.5) is 11.4 Å². The van der Waals surface area contributed by atoms with Crippen LogP contribution in [0.15, 0.2) is 35.5 Å². The molecule has 0 saturated heterocycles. The molecular weight excluding hydrogens is 252 g/mol. The molecule has 2 aromatic rings. The fourth-order valence-corrected chi connectivity index (χ4v) is 3.59. The SMILES string of the molecule is Nc1cccc2c1CCN2S(=O)(=O)c1cn[nH]c1. The van der Waals surface area contributed by atoms with Crippen LogP contribution in [0.5, 0.6) is 0 Å². The number of H-pyrrole nitrogens is 1. The van der Waals surface area contributed by atoms with E-state index in [2.05, 4.69) is 10.2 Å². The Morgan fingerprint density at radius 1 is 1.39 bits per heavy atom. The molecule has 0 bridgehead atoms. The van der Waals surface area contributed by atoms with Gasteiger partial charge in [-0.15, -0.1) is 0 Å². The number of nitrogens with two attached hydrogens (primary N) is 1. The normalized spacial score (nSPS) is 14.8. The molecule has 3 N–H and O–H groups in total. The van der Waals surface area contributed by atoms with Gasteiger partial charge in [0.15, 0.2) is 0 Å². The van der Waals surface area contributed by atoms with Gasteiger partial charge in [0, 0.05) is 24.0 Å². The number of hydrogen-bond donors (Lipinski definition) is 2. The van der Waals surface area contributed by atoms with Gasteiger partial charge in [-0.05, 0) is 18.6 Å². The Balaban J connectivity index is 2.11. The van der Waals surface area contributed by atoms with Gasteiger partial charge in [-0.25, -0.2) is 8.42 Å². The summed E-state index contributed by atoms with van der Waals surface area (Å²) >= 11 is 0. The largest absolute Gasteiger partial charge is 0.398 e. The molecule has 2 heterocycles. The molecule has 0 spiro atoms. The number of aromatic nitrogens is 2. The lowest BCUT2D eigenvalue weighted by atomic mass is 10.1. The van der Waals surface area contributed by atoms with Gasteiger partial charge >= 0.3 is 0 Å². The summed E-state index contributed by atoms with van der Waals surface area (Å²) in [5.41, 5.74) is 8.05. The number of nitrogens with one attached hydrogen (secondary N) is 1. The van der Waals surface area contributed by atoms with Gasteiger partial charge in [0.05, 0.1) is 11.9 Å². The zero-order chi connectivity index (χ0) is 12.8. The summed E-state index contributed by atoms with van der Waals surface area (Å²) in [4.78, 5) is 0.165. The van der Waals surface area contributed by atoms with Gasteiger partial charge in [-0.2, -0.15) is 5.10 Å². The minimum atomic E-state index is -3.54. The fourth-order valence-electron chi connectivity index (χ4n) is 2.19. The van der Waals surface area contributed by atoms with Crippen LogP contribution in [0, 0.1) is 0 Å². The van der Waals surface area contributed by atoms with Crippen molar-refractivity contribution >= 4 is 21.4 Å². The molecule has 1 aromatic carbocycles. The maximum atomic E-state index is 12.4. The van der Waals surface area contributed by atoms with Gasteiger partial charge in [0.1, 0.15) is 4.90 Å². The Kier molecular flexibility index (Phi) is 2.30. The number of benzene rings is 1. The van der Waals surface area contributed by atoms with Crippen molar-refractivity contribution in [2.45, 2.75) is 11.3 Å². The van der Waals surface area contributed by atoms with Crippen LogP contribution in [-0.4, -0.2) is 25.2 Å². The van der Waals surface area contributed by atoms with E-state index in [9.17, 15) is 8.42 Å². The van der Waals surface area contributed by atoms with E-state index in [1.165, 1.54) is 16.7 Å². The van der Waals surface area contributed by atoms with Crippen molar-refractivity contribution in [3.8, 4) is 0 Å². The quantitative estimate of drug-likeness (QED) is 0.783. The molecule has 3 rings (SSSR count). The van der Waals surface area contributed by atoms with Crippen LogP contribution < -0.4 is 10.0 Å². The number of aromatic amines is 1. The molecule has 94 valence electrons. The van der Waals surface area contributed by atoms with Crippen molar-refractivity contribution in [2.75, 3.05) is 16.6 Å². The maximum absolute atomic E-state index is 12.4. The minimum Gasteiger partial charge on any atom is -0.398 e. The monoisotopic (exact) mass is 264 g/mol. The number of nitrogen functional groups attached to an aromatic ring is 1. The summed E-state index contributed by atoms with van der Waals surface area (Å²) in [5, 5.41) is 6.19. The predicted molar refractivity (Wildman–Crippen MR) is 67.7 cm³/mol. The van der Waals surface area contributed by atoms with E-state index >= 15 is 0 Å². The molecule has 7 heteroatoms. The van der Waals surface area contributed by atoms with E-state index < -0.39 is 10.0 Å². The molecule has 0 saturated carbocycles. The molecule has 18 heavy (non-hydrogen) atoms. The Morgan fingerprint density at radius 2 is 2.22 bits per heavy atom. The predicted octanol–water partition coefficient (Wildman–Crippen LogP) is 0.743. The van der Waals surface area contributed by atoms with Crippen molar-refractivity contribution in [1.82, 2.24) is 10.2 Å². The van der Waals surface area contributed by atoms with Gasteiger partial charge in [-0.1, -0.05) is 6.07 Å². The van der Waals surface area contributed by atoms with E-state index in [1.807, 2.05) is 0 Å². The highest BCUT2D eigenvalue weighted by atomic mass is 32.2. The van der Waals surface area contributed by atoms with E-state index in [0.29, 0.717) is 24.3 Å². The molecule has 1 aliphatic rings. The molecule has 0 atom stereocenters. The van der Waals surface area contributed by atoms with Crippen LogP contribution >= 0.6 is 0 Å². The van der Waals surface area contributed by atoms with Crippen molar-refractivity contribution in [3.05, 3.63) is 36.2 Å². The molecule has 1 aliphatic heterocycles. The Bertz CT molecular complexity index is 679. The summed E-state index contributed by atoms with van der Waals surface area (Å²) < 4.78 is 26.2. The van der Waals surface area contributed by atoms with Crippen LogP contribution in [-0.2, 0) is 16.4 Å². The van der Waals surface area contributed by atoms with E-state index in [-0.39, 0.29) is 4.90 Å². The van der Waals surface area contributed by atoms with Crippen molar-refractivity contribution in [1.29, 1.82) is 0 Å². The van der Waals surface area contributed by atoms with Crippen LogP contribution in [0.1, 0.15) is 5.56 Å². The molecule has 0 aliphatic carbocycles. The molecular formula is C11H12N4O2S. The van der Waals surface area contributed by atoms with E-state index in [4.69, 9.17) is 5.73 Å². The lowest BCUT2D eigenvalue weighted by Gasteiger charge is -2.18. The maximum Gasteiger partial charge on any atom is 0.267 e. The number of nitrogens with zero attached hydrogens (tertiary/aromatic N) is 2. The lowest BCUT2D eigenvalue weighted by Crippen LogP contribution is -2.28. The van der Waals surface area contributed by atoms with Crippen molar-refractivity contribution in [3.63, 3.8) is 0 Å². The van der Waals surface area contributed by atoms with Gasteiger partial charge < -0.3 is 5.73 Å². The number of fused-ring (bicyclic) bond motifs is 1. The molecule has 0 unspecified atom stereocenters. The Hall–Kier alpha value is -2.02. The first kappa shape index (κ1) is 11.1. The second-order valence-corrected chi connectivity index (χ2v) is 5.97. The third-order valence-electron chi connectivity index (χ3n) is 3.08. The fraction of sp³-hybridized carbons (Fsp3) is 0.182. The first-order valence-electron chi connectivity index (χ1n) is 5.49. The van der Waals surface area contributed by atoms with E-state index in [1.54, 1.807) is 18.2 Å². The zero-order valence-electron chi connectivity index (χ0n) is 9.50. The van der Waals surface area contributed by atoms with Crippen LogP contribution in [0.3, 0.4) is 0 Å². The third kappa shape index (κ3) is 1.47. The van der Waals surface area contributed by atoms with Gasteiger partial charge in [-0.3, -0.25) is 9.40 Å². The topological polar surface area (TPSA) is 92.1 Å². The number of sulfonamides is 1. The summed E-state index contributed by atoms with van der Waals surface area (Å²) in [6.07, 6.45) is 3.32. The van der Waals surface area contributed by atoms with Crippen LogP contribution in [0.2, 0.25) is 0 Å². The number of rotatable bonds is 2. The molecule has 0 amide bonds. The Morgan fingerprint density at radius 3 is 2.94 bits per heavy atom. The second kappa shape index (κ2) is 3.74. The average molecular weight is 264 g/mol. The minimum absolute atomic E-state index is 0.165. The van der Waals surface area contributed by atoms with Crippen molar-refractivity contribution in [2.24, 2.45) is 0 Å². The highest BCUT2D eigenvalue weighted by molar-refractivity contribution is 7.92. The van der Waals surface area contributed by atoms with Gasteiger partial charge in [0.2, 0.25) is 0 Å². The van der Waals surface area contributed by atoms with Crippen LogP contribution in [0.25, 0.3) is 0 Å².